The molecule has 0 aromatic carbocycles. The van der Waals surface area contributed by atoms with Gasteiger partial charge in [-0.2, -0.15) is 0 Å². The van der Waals surface area contributed by atoms with Gasteiger partial charge in [-0.1, -0.05) is 11.7 Å². The molecular formula is C5H10N2O3. The molecule has 0 unspecified atom stereocenters. The first-order valence-electron chi connectivity index (χ1n) is 2.32. The fourth-order valence-electron chi connectivity index (χ4n) is 0.0986. The Morgan fingerprint density at radius 3 is 2.10 bits per heavy atom. The van der Waals surface area contributed by atoms with Gasteiger partial charge in [0.15, 0.2) is 0 Å². The minimum Gasteiger partial charge on any atom is -0.465 e. The Kier molecular flexibility index (Phi) is 8.45. The van der Waals surface area contributed by atoms with Crippen LogP contribution in [0.4, 0.5) is 4.79 Å². The van der Waals surface area contributed by atoms with Gasteiger partial charge in [-0.3, -0.25) is 0 Å². The zero-order valence-corrected chi connectivity index (χ0v) is 5.61. The van der Waals surface area contributed by atoms with Gasteiger partial charge in [0.1, 0.15) is 0 Å². The Bertz CT molecular complexity index is 138. The second-order valence-corrected chi connectivity index (χ2v) is 1.43. The number of primary amides is 1. The van der Waals surface area contributed by atoms with E-state index >= 15 is 0 Å². The maximum absolute atomic E-state index is 8.78. The number of nitrogens with two attached hydrogens (primary N) is 1. The first-order valence-corrected chi connectivity index (χ1v) is 2.32. The zero-order valence-electron chi connectivity index (χ0n) is 5.61. The molecule has 58 valence electrons. The van der Waals surface area contributed by atoms with Crippen LogP contribution in [-0.2, 0) is 0 Å². The molecule has 5 heteroatoms. The van der Waals surface area contributed by atoms with Crippen LogP contribution in [0, 0.1) is 0 Å². The van der Waals surface area contributed by atoms with E-state index in [0.29, 0.717) is 0 Å². The van der Waals surface area contributed by atoms with Crippen molar-refractivity contribution < 1.29 is 15.1 Å². The van der Waals surface area contributed by atoms with Crippen molar-refractivity contribution in [1.29, 1.82) is 0 Å². The zero-order chi connectivity index (χ0) is 8.57. The summed E-state index contributed by atoms with van der Waals surface area (Å²) in [6, 6.07) is 0. The molecule has 1 amide bonds. The number of rotatable bonds is 1. The number of hydrogen-bond acceptors (Lipinski definition) is 3. The Morgan fingerprint density at radius 2 is 2.10 bits per heavy atom. The minimum atomic E-state index is -1.33. The maximum atomic E-state index is 8.78. The van der Waals surface area contributed by atoms with Gasteiger partial charge in [-0.05, 0) is 12.5 Å². The van der Waals surface area contributed by atoms with Crippen molar-refractivity contribution in [2.24, 2.45) is 10.9 Å². The number of hydrogen-bond donors (Lipinski definition) is 3. The molecule has 0 aromatic heterocycles. The lowest BCUT2D eigenvalue weighted by atomic mass is 10.4. The van der Waals surface area contributed by atoms with Gasteiger partial charge in [0.05, 0.1) is 6.21 Å². The van der Waals surface area contributed by atoms with Crippen LogP contribution in [0.2, 0.25) is 0 Å². The van der Waals surface area contributed by atoms with Crippen molar-refractivity contribution in [2.75, 3.05) is 0 Å². The van der Waals surface area contributed by atoms with Crippen LogP contribution < -0.4 is 5.73 Å². The Morgan fingerprint density at radius 1 is 1.80 bits per heavy atom. The predicted octanol–water partition coefficient (Wildman–Crippen LogP) is 0.646. The summed E-state index contributed by atoms with van der Waals surface area (Å²) in [4.78, 5) is 8.78. The Labute approximate surface area is 58.5 Å². The maximum Gasteiger partial charge on any atom is 0.402 e. The Balaban J connectivity index is 0. The molecule has 10 heavy (non-hydrogen) atoms. The largest absolute Gasteiger partial charge is 0.465 e. The summed E-state index contributed by atoms with van der Waals surface area (Å²) in [5.74, 6) is 0. The normalized spacial score (nSPS) is 8.10. The molecule has 0 aliphatic rings. The summed E-state index contributed by atoms with van der Waals surface area (Å²) in [5, 5.41) is 17.7. The van der Waals surface area contributed by atoms with Crippen molar-refractivity contribution in [1.82, 2.24) is 0 Å². The molecule has 0 aliphatic heterocycles. The Hall–Kier alpha value is -1.52. The first-order chi connectivity index (χ1) is 4.50. The van der Waals surface area contributed by atoms with E-state index in [9.17, 15) is 0 Å². The molecule has 5 nitrogen and oxygen atoms in total. The van der Waals surface area contributed by atoms with Crippen LogP contribution in [-0.4, -0.2) is 22.6 Å². The molecule has 4 N–H and O–H groups in total. The number of allylic oxidation sites excluding steroid dienone is 1. The molecule has 0 atom stereocenters. The number of oxime groups is 1. The van der Waals surface area contributed by atoms with Crippen molar-refractivity contribution in [2.45, 2.75) is 6.92 Å². The molecule has 0 heterocycles. The summed E-state index contributed by atoms with van der Waals surface area (Å²) >= 11 is 0. The molecule has 0 aliphatic carbocycles. The number of nitrogens with zero attached hydrogens (tertiary/aromatic N) is 1. The fourth-order valence-corrected chi connectivity index (χ4v) is 0.0986. The van der Waals surface area contributed by atoms with Crippen LogP contribution in [0.5, 0.6) is 0 Å². The predicted molar refractivity (Wildman–Crippen MR) is 37.3 cm³/mol. The lowest BCUT2D eigenvalue weighted by Crippen LogP contribution is -2.03. The van der Waals surface area contributed by atoms with Crippen LogP contribution in [0.1, 0.15) is 6.92 Å². The molecular weight excluding hydrogens is 136 g/mol. The van der Waals surface area contributed by atoms with Gasteiger partial charge in [0, 0.05) is 0 Å². The van der Waals surface area contributed by atoms with E-state index in [1.165, 1.54) is 6.21 Å². The molecule has 0 rings (SSSR count). The van der Waals surface area contributed by atoms with Gasteiger partial charge >= 0.3 is 6.09 Å². The van der Waals surface area contributed by atoms with Gasteiger partial charge < -0.3 is 16.0 Å². The van der Waals surface area contributed by atoms with Crippen molar-refractivity contribution in [3.05, 3.63) is 12.2 Å². The number of amides is 1. The van der Waals surface area contributed by atoms with E-state index in [1.54, 1.807) is 6.92 Å². The topological polar surface area (TPSA) is 95.9 Å². The van der Waals surface area contributed by atoms with Gasteiger partial charge in [0.2, 0.25) is 0 Å². The average Bonchev–Trinajstić information content (AvgIpc) is 1.62. The van der Waals surface area contributed by atoms with E-state index in [1.807, 2.05) is 0 Å². The summed E-state index contributed by atoms with van der Waals surface area (Å²) in [6.45, 7) is 5.19. The van der Waals surface area contributed by atoms with E-state index in [0.717, 1.165) is 5.57 Å². The summed E-state index contributed by atoms with van der Waals surface area (Å²) in [5.41, 5.74) is 4.78. The number of carbonyl (C=O) groups is 1. The quantitative estimate of drug-likeness (QED) is 0.288. The highest BCUT2D eigenvalue weighted by Crippen LogP contribution is 1.74. The number of carboxylic acid groups (broad SMARTS) is 1. The lowest BCUT2D eigenvalue weighted by Gasteiger charge is -1.74. The van der Waals surface area contributed by atoms with E-state index in [4.69, 9.17) is 15.1 Å². The van der Waals surface area contributed by atoms with Gasteiger partial charge in [0.25, 0.3) is 0 Å². The third kappa shape index (κ3) is 88.8. The van der Waals surface area contributed by atoms with Crippen molar-refractivity contribution in [3.63, 3.8) is 0 Å². The van der Waals surface area contributed by atoms with Crippen molar-refractivity contribution >= 4 is 12.3 Å². The monoisotopic (exact) mass is 146 g/mol. The molecule has 0 saturated heterocycles. The standard InChI is InChI=1S/C4H7NO.CH3NO2/c1-4(2)3-5-6;2-1(3)4/h3,6H,1H2,2H3;2H2,(H,3,4). The van der Waals surface area contributed by atoms with Gasteiger partial charge in [-0.15, -0.1) is 0 Å². The van der Waals surface area contributed by atoms with E-state index in [-0.39, 0.29) is 0 Å². The van der Waals surface area contributed by atoms with Crippen LogP contribution in [0.3, 0.4) is 0 Å². The third-order valence-corrected chi connectivity index (χ3v) is 0.278. The third-order valence-electron chi connectivity index (χ3n) is 0.278. The fraction of sp³-hybridized carbons (Fsp3) is 0.200. The SMILES string of the molecule is C=C(C)C=NO.NC(=O)O. The van der Waals surface area contributed by atoms with E-state index in [2.05, 4.69) is 17.5 Å². The van der Waals surface area contributed by atoms with Crippen LogP contribution in [0.15, 0.2) is 17.3 Å². The van der Waals surface area contributed by atoms with E-state index < -0.39 is 6.09 Å². The van der Waals surface area contributed by atoms with Crippen LogP contribution in [0.25, 0.3) is 0 Å². The lowest BCUT2D eigenvalue weighted by molar-refractivity contribution is 0.205. The molecule has 0 radical (unpaired) electrons. The average molecular weight is 146 g/mol. The smallest absolute Gasteiger partial charge is 0.402 e. The summed E-state index contributed by atoms with van der Waals surface area (Å²) in [6.07, 6.45) is -0.0556. The molecule has 0 bridgehead atoms. The molecule has 0 aromatic rings. The second-order valence-electron chi connectivity index (χ2n) is 1.43. The molecule has 0 spiro atoms. The molecule has 0 fully saturated rings. The molecule has 0 saturated carbocycles. The summed E-state index contributed by atoms with van der Waals surface area (Å²) in [7, 11) is 0. The minimum absolute atomic E-state index is 0.748. The van der Waals surface area contributed by atoms with Crippen LogP contribution >= 0.6 is 0 Å². The van der Waals surface area contributed by atoms with Crippen molar-refractivity contribution in [3.8, 4) is 0 Å². The first kappa shape index (κ1) is 11.3. The second kappa shape index (κ2) is 7.48. The highest BCUT2D eigenvalue weighted by atomic mass is 16.4. The highest BCUT2D eigenvalue weighted by molar-refractivity contribution is 5.75. The van der Waals surface area contributed by atoms with Gasteiger partial charge in [-0.25, -0.2) is 4.79 Å². The summed E-state index contributed by atoms with van der Waals surface area (Å²) < 4.78 is 0. The highest BCUT2D eigenvalue weighted by Gasteiger charge is 1.67.